The molecule has 0 aliphatic carbocycles. The molecule has 4 nitrogen and oxygen atoms in total. The van der Waals surface area contributed by atoms with Gasteiger partial charge in [-0.2, -0.15) is 0 Å². The van der Waals surface area contributed by atoms with Crippen LogP contribution in [-0.4, -0.2) is 17.5 Å². The molecule has 0 aliphatic heterocycles. The fraction of sp³-hybridized carbons (Fsp3) is 0.250. The van der Waals surface area contributed by atoms with Gasteiger partial charge >= 0.3 is 5.97 Å². The molecule has 0 aliphatic rings. The van der Waals surface area contributed by atoms with Crippen molar-refractivity contribution in [1.82, 2.24) is 0 Å². The summed E-state index contributed by atoms with van der Waals surface area (Å²) in [5.74, 6) is -0.754. The molecule has 0 bridgehead atoms. The lowest BCUT2D eigenvalue weighted by atomic mass is 10.1. The highest BCUT2D eigenvalue weighted by atomic mass is 16.7. The van der Waals surface area contributed by atoms with E-state index in [2.05, 4.69) is 9.99 Å². The Balaban J connectivity index is 2.86. The van der Waals surface area contributed by atoms with Crippen LogP contribution in [0.3, 0.4) is 0 Å². The van der Waals surface area contributed by atoms with Gasteiger partial charge in [-0.1, -0.05) is 42.4 Å². The number of benzene rings is 1. The molecule has 0 saturated carbocycles. The van der Waals surface area contributed by atoms with Crippen molar-refractivity contribution in [2.45, 2.75) is 20.3 Å². The van der Waals surface area contributed by atoms with Crippen LogP contribution in [0.4, 0.5) is 0 Å². The molecule has 16 heavy (non-hydrogen) atoms. The third-order valence-electron chi connectivity index (χ3n) is 1.92. The second-order valence-corrected chi connectivity index (χ2v) is 3.17. The predicted octanol–water partition coefficient (Wildman–Crippen LogP) is 2.20. The van der Waals surface area contributed by atoms with Crippen LogP contribution < -0.4 is 0 Å². The van der Waals surface area contributed by atoms with Crippen molar-refractivity contribution in [2.24, 2.45) is 5.16 Å². The molecule has 0 N–H and O–H groups in total. The largest absolute Gasteiger partial charge is 0.331 e. The Morgan fingerprint density at radius 3 is 2.38 bits per heavy atom. The number of nitrogens with zero attached hydrogens (tertiary/aromatic N) is 1. The van der Waals surface area contributed by atoms with E-state index in [0.29, 0.717) is 12.0 Å². The molecular weight excluding hydrogens is 206 g/mol. The number of ketones is 1. The average molecular weight is 219 g/mol. The molecule has 0 amide bonds. The van der Waals surface area contributed by atoms with Crippen LogP contribution in [0.5, 0.6) is 0 Å². The van der Waals surface area contributed by atoms with Gasteiger partial charge < -0.3 is 4.84 Å². The lowest BCUT2D eigenvalue weighted by Crippen LogP contribution is -2.14. The summed E-state index contributed by atoms with van der Waals surface area (Å²) < 4.78 is 0. The lowest BCUT2D eigenvalue weighted by Gasteiger charge is -2.01. The van der Waals surface area contributed by atoms with Gasteiger partial charge in [0, 0.05) is 12.5 Å². The van der Waals surface area contributed by atoms with Crippen molar-refractivity contribution < 1.29 is 14.4 Å². The maximum atomic E-state index is 11.9. The van der Waals surface area contributed by atoms with Gasteiger partial charge in [0.25, 0.3) is 0 Å². The number of rotatable bonds is 4. The van der Waals surface area contributed by atoms with Gasteiger partial charge in [0.1, 0.15) is 5.71 Å². The molecule has 1 rings (SSSR count). The van der Waals surface area contributed by atoms with Crippen LogP contribution in [0.1, 0.15) is 30.6 Å². The van der Waals surface area contributed by atoms with Crippen LogP contribution in [0.15, 0.2) is 35.5 Å². The lowest BCUT2D eigenvalue weighted by molar-refractivity contribution is -0.140. The van der Waals surface area contributed by atoms with E-state index in [1.54, 1.807) is 31.2 Å². The molecule has 0 aromatic heterocycles. The van der Waals surface area contributed by atoms with E-state index in [0.717, 1.165) is 0 Å². The van der Waals surface area contributed by atoms with Crippen molar-refractivity contribution in [3.63, 3.8) is 0 Å². The number of hydrogen-bond donors (Lipinski definition) is 0. The minimum atomic E-state index is -0.535. The van der Waals surface area contributed by atoms with E-state index < -0.39 is 5.97 Å². The first-order chi connectivity index (χ1) is 7.65. The summed E-state index contributed by atoms with van der Waals surface area (Å²) in [5.41, 5.74) is 0.775. The first kappa shape index (κ1) is 12.1. The maximum absolute atomic E-state index is 11.9. The Morgan fingerprint density at radius 1 is 1.25 bits per heavy atom. The molecule has 0 heterocycles. The molecule has 0 unspecified atom stereocenters. The molecule has 0 fully saturated rings. The van der Waals surface area contributed by atoms with Crippen molar-refractivity contribution in [2.75, 3.05) is 0 Å². The number of carbonyl (C=O) groups is 2. The Morgan fingerprint density at radius 2 is 1.88 bits per heavy atom. The normalized spacial score (nSPS) is 11.0. The third kappa shape index (κ3) is 3.31. The van der Waals surface area contributed by atoms with E-state index in [4.69, 9.17) is 0 Å². The smallest absolute Gasteiger partial charge is 0.318 e. The maximum Gasteiger partial charge on any atom is 0.331 e. The molecule has 4 heteroatoms. The van der Waals surface area contributed by atoms with Gasteiger partial charge in [-0.25, -0.2) is 4.79 Å². The van der Waals surface area contributed by atoms with Crippen molar-refractivity contribution in [1.29, 1.82) is 0 Å². The van der Waals surface area contributed by atoms with Gasteiger partial charge in [-0.3, -0.25) is 4.79 Å². The molecule has 0 radical (unpaired) electrons. The first-order valence-electron chi connectivity index (χ1n) is 4.99. The number of hydrogen-bond acceptors (Lipinski definition) is 4. The van der Waals surface area contributed by atoms with E-state index in [9.17, 15) is 9.59 Å². The van der Waals surface area contributed by atoms with Crippen LogP contribution in [0.2, 0.25) is 0 Å². The van der Waals surface area contributed by atoms with Gasteiger partial charge in [-0.05, 0) is 6.42 Å². The summed E-state index contributed by atoms with van der Waals surface area (Å²) in [4.78, 5) is 26.9. The summed E-state index contributed by atoms with van der Waals surface area (Å²) in [6.07, 6.45) is 0.418. The Labute approximate surface area is 93.9 Å². The van der Waals surface area contributed by atoms with E-state index >= 15 is 0 Å². The number of oxime groups is 1. The fourth-order valence-electron chi connectivity index (χ4n) is 1.14. The zero-order chi connectivity index (χ0) is 12.0. The number of carbonyl (C=O) groups excluding carboxylic acids is 2. The number of Topliss-reactive ketones (excluding diaryl/α,β-unsaturated/α-hetero) is 1. The van der Waals surface area contributed by atoms with Crippen molar-refractivity contribution in [3.8, 4) is 0 Å². The predicted molar refractivity (Wildman–Crippen MR) is 60.3 cm³/mol. The molecule has 0 atom stereocenters. The third-order valence-corrected chi connectivity index (χ3v) is 1.92. The minimum absolute atomic E-state index is 0.218. The first-order valence-corrected chi connectivity index (χ1v) is 4.99. The Bertz CT molecular complexity index is 410. The zero-order valence-corrected chi connectivity index (χ0v) is 9.27. The van der Waals surface area contributed by atoms with Crippen molar-refractivity contribution >= 4 is 17.5 Å². The van der Waals surface area contributed by atoms with Crippen molar-refractivity contribution in [3.05, 3.63) is 35.9 Å². The molecular formula is C12H13NO3. The summed E-state index contributed by atoms with van der Waals surface area (Å²) in [6.45, 7) is 3.02. The zero-order valence-electron chi connectivity index (χ0n) is 9.27. The second kappa shape index (κ2) is 5.80. The highest BCUT2D eigenvalue weighted by Crippen LogP contribution is 2.04. The van der Waals surface area contributed by atoms with Gasteiger partial charge in [0.05, 0.1) is 0 Å². The summed E-state index contributed by atoms with van der Waals surface area (Å²) >= 11 is 0. The second-order valence-electron chi connectivity index (χ2n) is 3.17. The van der Waals surface area contributed by atoms with Gasteiger partial charge in [0.2, 0.25) is 5.78 Å². The summed E-state index contributed by atoms with van der Waals surface area (Å²) in [5, 5.41) is 3.54. The topological polar surface area (TPSA) is 55.7 Å². The quantitative estimate of drug-likeness (QED) is 0.337. The van der Waals surface area contributed by atoms with Gasteiger partial charge in [0.15, 0.2) is 0 Å². The molecule has 1 aromatic rings. The monoisotopic (exact) mass is 219 g/mol. The Hall–Kier alpha value is -1.97. The minimum Gasteiger partial charge on any atom is -0.318 e. The summed E-state index contributed by atoms with van der Waals surface area (Å²) in [7, 11) is 0. The Kier molecular flexibility index (Phi) is 4.39. The molecule has 0 saturated heterocycles. The highest BCUT2D eigenvalue weighted by molar-refractivity contribution is 6.45. The standard InChI is InChI=1S/C12H13NO3/c1-3-11(13-16-9(2)14)12(15)10-7-5-4-6-8-10/h4-8H,3H2,1-2H3/b13-11+. The van der Waals surface area contributed by atoms with E-state index in [1.807, 2.05) is 6.07 Å². The SMILES string of the molecule is CC/C(=N\OC(C)=O)C(=O)c1ccccc1. The average Bonchev–Trinajstić information content (AvgIpc) is 2.30. The molecule has 84 valence electrons. The van der Waals surface area contributed by atoms with Crippen LogP contribution in [-0.2, 0) is 9.63 Å². The molecule has 1 aromatic carbocycles. The van der Waals surface area contributed by atoms with E-state index in [1.165, 1.54) is 6.92 Å². The highest BCUT2D eigenvalue weighted by Gasteiger charge is 2.12. The van der Waals surface area contributed by atoms with Crippen LogP contribution in [0.25, 0.3) is 0 Å². The van der Waals surface area contributed by atoms with Crippen LogP contribution in [0, 0.1) is 0 Å². The van der Waals surface area contributed by atoms with Gasteiger partial charge in [-0.15, -0.1) is 0 Å². The van der Waals surface area contributed by atoms with E-state index in [-0.39, 0.29) is 11.5 Å². The molecule has 0 spiro atoms. The summed E-state index contributed by atoms with van der Waals surface area (Å²) in [6, 6.07) is 8.76. The fourth-order valence-corrected chi connectivity index (χ4v) is 1.14. The van der Waals surface area contributed by atoms with Crippen LogP contribution >= 0.6 is 0 Å².